The Morgan fingerprint density at radius 1 is 1.23 bits per heavy atom. The number of rotatable bonds is 5. The quantitative estimate of drug-likeness (QED) is 0.369. The Hall–Kier alpha value is -2.63. The Balaban J connectivity index is 1.57. The fraction of sp³-hybridized carbons (Fsp3) is 0.412. The molecule has 1 saturated heterocycles. The van der Waals surface area contributed by atoms with Gasteiger partial charge in [-0.2, -0.15) is 0 Å². The number of fused-ring (bicyclic) bond motifs is 1. The molecule has 4 rings (SSSR count). The van der Waals surface area contributed by atoms with Gasteiger partial charge in [-0.1, -0.05) is 0 Å². The number of aliphatic hydroxyl groups excluding tert-OH is 2. The maximum atomic E-state index is 12.9. The molecule has 3 aromatic heterocycles. The van der Waals surface area contributed by atoms with E-state index in [9.17, 15) is 19.7 Å². The van der Waals surface area contributed by atoms with Gasteiger partial charge in [0, 0.05) is 31.9 Å². The second kappa shape index (κ2) is 7.56. The Kier molecular flexibility index (Phi) is 5.20. The molecule has 4 heterocycles. The highest BCUT2D eigenvalue weighted by Gasteiger charge is 2.49. The first-order valence-corrected chi connectivity index (χ1v) is 10.9. The third kappa shape index (κ3) is 3.53. The van der Waals surface area contributed by atoms with E-state index in [-0.39, 0.29) is 5.82 Å². The van der Waals surface area contributed by atoms with E-state index in [1.807, 2.05) is 19.0 Å². The van der Waals surface area contributed by atoms with Crippen LogP contribution in [0.3, 0.4) is 0 Å². The molecule has 5 N–H and O–H groups in total. The third-order valence-corrected chi connectivity index (χ3v) is 6.91. The lowest BCUT2D eigenvalue weighted by molar-refractivity contribution is -0.529. The number of pyridine rings is 1. The van der Waals surface area contributed by atoms with E-state index in [0.29, 0.717) is 11.2 Å². The van der Waals surface area contributed by atoms with Crippen LogP contribution in [0.15, 0.2) is 37.2 Å². The van der Waals surface area contributed by atoms with Crippen molar-refractivity contribution in [3.8, 4) is 0 Å². The highest BCUT2D eigenvalue weighted by Crippen LogP contribution is 2.41. The monoisotopic (exact) mass is 436 g/mol. The molecule has 5 atom stereocenters. The summed E-state index contributed by atoms with van der Waals surface area (Å²) in [5.41, 5.74) is 7.30. The average Bonchev–Trinajstić information content (AvgIpc) is 3.25. The summed E-state index contributed by atoms with van der Waals surface area (Å²) in [7, 11) is -0.212. The summed E-state index contributed by atoms with van der Waals surface area (Å²) in [6, 6.07) is 3.41. The van der Waals surface area contributed by atoms with Crippen LogP contribution in [0.4, 0.5) is 11.5 Å². The highest BCUT2D eigenvalue weighted by molar-refractivity contribution is 7.50. The molecule has 0 spiro atoms. The Labute approximate surface area is 171 Å². The molecular weight excluding hydrogens is 413 g/mol. The fourth-order valence-electron chi connectivity index (χ4n) is 3.41. The number of nitrogens with two attached hydrogens (primary N) is 1. The van der Waals surface area contributed by atoms with E-state index in [2.05, 4.69) is 15.0 Å². The fourth-order valence-corrected chi connectivity index (χ4v) is 4.92. The minimum atomic E-state index is -3.94. The SMILES string of the molecule is CN(C)c1cc[n+](P(=O)(O)C[C@H]2O[C@@H](n3cnc4c(N)ncnc43)[C@H](O)[C@@H]2O)cc1. The van der Waals surface area contributed by atoms with Gasteiger partial charge in [-0.3, -0.25) is 9.46 Å². The standard InChI is InChI=1S/C17H22N7O5P/c1-22(2)10-3-5-23(6-4-10)30(27,28)7-11-13(25)14(26)17(29-11)24-9-21-12-15(18)19-8-20-16(12)24/h3-6,8-9,11,13-14,17,25-26H,7H2,1-2H3,(H2-,18,19,20,27,28)/p+1/t11-,13-,14-,17-/m1/s1. The van der Waals surface area contributed by atoms with Gasteiger partial charge in [0.15, 0.2) is 30.1 Å². The van der Waals surface area contributed by atoms with Gasteiger partial charge in [0.2, 0.25) is 0 Å². The van der Waals surface area contributed by atoms with E-state index in [0.717, 1.165) is 5.69 Å². The van der Waals surface area contributed by atoms with Crippen LogP contribution in [0.25, 0.3) is 11.2 Å². The van der Waals surface area contributed by atoms with Gasteiger partial charge in [-0.15, -0.1) is 4.34 Å². The van der Waals surface area contributed by atoms with E-state index < -0.39 is 38.2 Å². The second-order valence-corrected chi connectivity index (χ2v) is 9.46. The molecule has 0 aromatic carbocycles. The predicted octanol–water partition coefficient (Wildman–Crippen LogP) is -0.885. The number of ether oxygens (including phenoxy) is 1. The van der Waals surface area contributed by atoms with Gasteiger partial charge in [0.1, 0.15) is 36.3 Å². The minimum absolute atomic E-state index is 0.167. The van der Waals surface area contributed by atoms with Crippen molar-refractivity contribution in [1.82, 2.24) is 19.5 Å². The number of aromatic nitrogens is 5. The van der Waals surface area contributed by atoms with Crippen molar-refractivity contribution in [2.45, 2.75) is 24.5 Å². The zero-order valence-corrected chi connectivity index (χ0v) is 17.2. The predicted molar refractivity (Wildman–Crippen MR) is 107 cm³/mol. The molecule has 0 radical (unpaired) electrons. The maximum absolute atomic E-state index is 12.9. The van der Waals surface area contributed by atoms with E-state index in [1.54, 1.807) is 12.1 Å². The van der Waals surface area contributed by atoms with Crippen molar-refractivity contribution < 1.29 is 28.7 Å². The summed E-state index contributed by atoms with van der Waals surface area (Å²) < 4.78 is 21.3. The van der Waals surface area contributed by atoms with E-state index >= 15 is 0 Å². The van der Waals surface area contributed by atoms with Gasteiger partial charge in [0.05, 0.1) is 6.33 Å². The molecule has 0 amide bonds. The lowest BCUT2D eigenvalue weighted by atomic mass is 10.1. The number of anilines is 2. The zero-order valence-electron chi connectivity index (χ0n) is 16.3. The van der Waals surface area contributed by atoms with Crippen LogP contribution >= 0.6 is 7.52 Å². The molecule has 1 aliphatic heterocycles. The van der Waals surface area contributed by atoms with E-state index in [4.69, 9.17) is 10.5 Å². The van der Waals surface area contributed by atoms with Gasteiger partial charge >= 0.3 is 7.52 Å². The molecule has 30 heavy (non-hydrogen) atoms. The van der Waals surface area contributed by atoms with E-state index in [1.165, 1.54) is 34.0 Å². The summed E-state index contributed by atoms with van der Waals surface area (Å²) in [4.78, 5) is 24.5. The first-order valence-electron chi connectivity index (χ1n) is 9.15. The molecule has 1 unspecified atom stereocenters. The average molecular weight is 436 g/mol. The van der Waals surface area contributed by atoms with Crippen molar-refractivity contribution in [2.75, 3.05) is 30.9 Å². The molecule has 0 aliphatic carbocycles. The summed E-state index contributed by atoms with van der Waals surface area (Å²) in [5.74, 6) is 0.167. The Morgan fingerprint density at radius 3 is 2.60 bits per heavy atom. The number of nitrogen functional groups attached to an aromatic ring is 1. The summed E-state index contributed by atoms with van der Waals surface area (Å²) in [6.45, 7) is 0. The van der Waals surface area contributed by atoms with Crippen molar-refractivity contribution in [3.05, 3.63) is 37.2 Å². The van der Waals surface area contributed by atoms with Crippen LogP contribution in [0.5, 0.6) is 0 Å². The lowest BCUT2D eigenvalue weighted by Gasteiger charge is -2.16. The maximum Gasteiger partial charge on any atom is 0.458 e. The van der Waals surface area contributed by atoms with Crippen LogP contribution in [0, 0.1) is 0 Å². The smallest absolute Gasteiger partial charge is 0.387 e. The molecule has 0 bridgehead atoms. The molecule has 1 fully saturated rings. The van der Waals surface area contributed by atoms with Crippen LogP contribution < -0.4 is 15.0 Å². The number of nitrogens with zero attached hydrogens (tertiary/aromatic N) is 6. The lowest BCUT2D eigenvalue weighted by Crippen LogP contribution is -2.38. The van der Waals surface area contributed by atoms with Gasteiger partial charge < -0.3 is 25.6 Å². The summed E-state index contributed by atoms with van der Waals surface area (Å²) in [6.07, 6.45) is 0.343. The third-order valence-electron chi connectivity index (χ3n) is 5.09. The van der Waals surface area contributed by atoms with Crippen molar-refractivity contribution in [3.63, 3.8) is 0 Å². The van der Waals surface area contributed by atoms with Crippen molar-refractivity contribution in [2.24, 2.45) is 0 Å². The highest BCUT2D eigenvalue weighted by atomic mass is 31.2. The minimum Gasteiger partial charge on any atom is -0.387 e. The molecule has 160 valence electrons. The topological polar surface area (TPSA) is 164 Å². The Morgan fingerprint density at radius 2 is 1.93 bits per heavy atom. The van der Waals surface area contributed by atoms with Crippen LogP contribution in [0.2, 0.25) is 0 Å². The molecule has 12 nitrogen and oxygen atoms in total. The van der Waals surface area contributed by atoms with Crippen molar-refractivity contribution in [1.29, 1.82) is 0 Å². The zero-order chi connectivity index (χ0) is 21.6. The van der Waals surface area contributed by atoms with Gasteiger partial charge in [-0.25, -0.2) is 19.5 Å². The molecule has 3 aromatic rings. The van der Waals surface area contributed by atoms with Crippen LogP contribution in [0.1, 0.15) is 6.23 Å². The number of hydrogen-bond acceptors (Lipinski definition) is 9. The molecular formula is C17H23N7O5P+. The number of aliphatic hydroxyl groups is 2. The van der Waals surface area contributed by atoms with Crippen LogP contribution in [-0.2, 0) is 9.30 Å². The summed E-state index contributed by atoms with van der Waals surface area (Å²) >= 11 is 0. The Bertz CT molecular complexity index is 1110. The summed E-state index contributed by atoms with van der Waals surface area (Å²) in [5, 5.41) is 21.0. The molecule has 1 aliphatic rings. The number of hydrogen-bond donors (Lipinski definition) is 4. The van der Waals surface area contributed by atoms with Crippen molar-refractivity contribution >= 4 is 30.2 Å². The molecule has 0 saturated carbocycles. The second-order valence-electron chi connectivity index (χ2n) is 7.31. The first kappa shape index (κ1) is 20.6. The first-order chi connectivity index (χ1) is 14.2. The van der Waals surface area contributed by atoms with Crippen LogP contribution in [-0.4, -0.2) is 73.2 Å². The largest absolute Gasteiger partial charge is 0.458 e. The van der Waals surface area contributed by atoms with Gasteiger partial charge in [-0.05, 0) is 0 Å². The molecule has 13 heteroatoms. The normalized spacial score (nSPS) is 26.0. The van der Waals surface area contributed by atoms with Gasteiger partial charge in [0.25, 0.3) is 0 Å². The number of imidazole rings is 1.